The molecule has 6 heteroatoms. The largest absolute Gasteiger partial charge is 0.357 e. The minimum absolute atomic E-state index is 0.536. The molecule has 0 saturated heterocycles. The highest BCUT2D eigenvalue weighted by atomic mass is 15.2. The van der Waals surface area contributed by atoms with Crippen LogP contribution in [0.2, 0.25) is 0 Å². The highest BCUT2D eigenvalue weighted by Crippen LogP contribution is 2.22. The summed E-state index contributed by atoms with van der Waals surface area (Å²) in [6, 6.07) is 8.12. The van der Waals surface area contributed by atoms with E-state index in [9.17, 15) is 0 Å². The van der Waals surface area contributed by atoms with Crippen LogP contribution in [0.5, 0.6) is 0 Å². The van der Waals surface area contributed by atoms with Crippen LogP contribution in [0.15, 0.2) is 30.6 Å². The first-order valence-corrected chi connectivity index (χ1v) is 5.99. The summed E-state index contributed by atoms with van der Waals surface area (Å²) in [5.41, 5.74) is 3.62. The Morgan fingerprint density at radius 1 is 1.11 bits per heavy atom. The maximum absolute atomic E-state index is 4.40. The van der Waals surface area contributed by atoms with Gasteiger partial charge < -0.3 is 15.6 Å². The van der Waals surface area contributed by atoms with Crippen LogP contribution in [0.25, 0.3) is 11.2 Å². The molecule has 0 amide bonds. The van der Waals surface area contributed by atoms with Gasteiger partial charge in [-0.15, -0.1) is 0 Å². The highest BCUT2D eigenvalue weighted by molar-refractivity contribution is 5.85. The Morgan fingerprint density at radius 3 is 2.63 bits per heavy atom. The van der Waals surface area contributed by atoms with E-state index in [1.54, 1.807) is 13.4 Å². The van der Waals surface area contributed by atoms with E-state index in [0.29, 0.717) is 17.4 Å². The molecular formula is C13H14N6. The zero-order chi connectivity index (χ0) is 13.2. The molecule has 3 rings (SSSR count). The monoisotopic (exact) mass is 254 g/mol. The number of hydrogen-bond acceptors (Lipinski definition) is 5. The minimum atomic E-state index is 0.536. The normalized spacial score (nSPS) is 10.6. The van der Waals surface area contributed by atoms with Gasteiger partial charge in [0.05, 0.1) is 6.33 Å². The fourth-order valence-corrected chi connectivity index (χ4v) is 1.81. The number of benzene rings is 1. The number of aryl methyl sites for hydroxylation is 1. The molecule has 1 aromatic carbocycles. The maximum atomic E-state index is 4.40. The summed E-state index contributed by atoms with van der Waals surface area (Å²) in [5.74, 6) is 1.24. The summed E-state index contributed by atoms with van der Waals surface area (Å²) in [5, 5.41) is 6.20. The van der Waals surface area contributed by atoms with Gasteiger partial charge in [-0.1, -0.05) is 17.7 Å². The SMILES string of the molecule is CNc1nc(Nc2ccc(C)cc2)c2[nH]cnc2n1. The number of imidazole rings is 1. The van der Waals surface area contributed by atoms with Crippen molar-refractivity contribution in [1.29, 1.82) is 0 Å². The van der Waals surface area contributed by atoms with Gasteiger partial charge in [0.2, 0.25) is 5.95 Å². The molecule has 0 unspecified atom stereocenters. The molecular weight excluding hydrogens is 240 g/mol. The average molecular weight is 254 g/mol. The molecule has 0 aliphatic carbocycles. The number of aromatic nitrogens is 4. The van der Waals surface area contributed by atoms with Crippen LogP contribution >= 0.6 is 0 Å². The topological polar surface area (TPSA) is 78.5 Å². The zero-order valence-electron chi connectivity index (χ0n) is 10.7. The molecule has 0 spiro atoms. The number of aromatic amines is 1. The molecule has 0 fully saturated rings. The highest BCUT2D eigenvalue weighted by Gasteiger charge is 2.09. The summed E-state index contributed by atoms with van der Waals surface area (Å²) in [4.78, 5) is 15.9. The van der Waals surface area contributed by atoms with Crippen molar-refractivity contribution < 1.29 is 0 Å². The summed E-state index contributed by atoms with van der Waals surface area (Å²) < 4.78 is 0. The van der Waals surface area contributed by atoms with Gasteiger partial charge in [0.25, 0.3) is 0 Å². The van der Waals surface area contributed by atoms with Crippen LogP contribution in [-0.4, -0.2) is 27.0 Å². The lowest BCUT2D eigenvalue weighted by atomic mass is 10.2. The van der Waals surface area contributed by atoms with Gasteiger partial charge in [-0.25, -0.2) is 4.98 Å². The van der Waals surface area contributed by atoms with Gasteiger partial charge in [-0.2, -0.15) is 9.97 Å². The van der Waals surface area contributed by atoms with E-state index in [4.69, 9.17) is 0 Å². The summed E-state index contributed by atoms with van der Waals surface area (Å²) in [7, 11) is 1.78. The summed E-state index contributed by atoms with van der Waals surface area (Å²) in [6.07, 6.45) is 1.61. The van der Waals surface area contributed by atoms with Crippen LogP contribution in [-0.2, 0) is 0 Å². The second-order valence-corrected chi connectivity index (χ2v) is 4.24. The van der Waals surface area contributed by atoms with Crippen molar-refractivity contribution in [3.63, 3.8) is 0 Å². The molecule has 6 nitrogen and oxygen atoms in total. The lowest BCUT2D eigenvalue weighted by Crippen LogP contribution is -2.01. The van der Waals surface area contributed by atoms with Crippen LogP contribution in [0, 0.1) is 6.92 Å². The first-order chi connectivity index (χ1) is 9.26. The average Bonchev–Trinajstić information content (AvgIpc) is 2.89. The van der Waals surface area contributed by atoms with Crippen molar-refractivity contribution in [1.82, 2.24) is 19.9 Å². The third kappa shape index (κ3) is 2.20. The van der Waals surface area contributed by atoms with Gasteiger partial charge in [-0.3, -0.25) is 0 Å². The fraction of sp³-hybridized carbons (Fsp3) is 0.154. The van der Waals surface area contributed by atoms with E-state index < -0.39 is 0 Å². The summed E-state index contributed by atoms with van der Waals surface area (Å²) >= 11 is 0. The molecule has 0 radical (unpaired) electrons. The molecule has 0 bridgehead atoms. The second kappa shape index (κ2) is 4.56. The van der Waals surface area contributed by atoms with Crippen molar-refractivity contribution in [3.8, 4) is 0 Å². The number of nitrogens with one attached hydrogen (secondary N) is 3. The molecule has 3 N–H and O–H groups in total. The smallest absolute Gasteiger partial charge is 0.226 e. The number of fused-ring (bicyclic) bond motifs is 1. The molecule has 2 aromatic heterocycles. The van der Waals surface area contributed by atoms with Crippen molar-refractivity contribution in [2.24, 2.45) is 0 Å². The Bertz CT molecular complexity index is 701. The van der Waals surface area contributed by atoms with Gasteiger partial charge in [0, 0.05) is 12.7 Å². The van der Waals surface area contributed by atoms with E-state index in [-0.39, 0.29) is 0 Å². The van der Waals surface area contributed by atoms with E-state index >= 15 is 0 Å². The molecule has 0 aliphatic heterocycles. The van der Waals surface area contributed by atoms with Crippen molar-refractivity contribution in [2.45, 2.75) is 6.92 Å². The number of nitrogens with zero attached hydrogens (tertiary/aromatic N) is 3. The van der Waals surface area contributed by atoms with Crippen LogP contribution in [0.1, 0.15) is 5.56 Å². The Labute approximate surface area is 110 Å². The number of hydrogen-bond donors (Lipinski definition) is 3. The Balaban J connectivity index is 2.03. The van der Waals surface area contributed by atoms with Crippen molar-refractivity contribution >= 4 is 28.6 Å². The molecule has 2 heterocycles. The van der Waals surface area contributed by atoms with E-state index in [1.165, 1.54) is 5.56 Å². The number of rotatable bonds is 3. The number of H-pyrrole nitrogens is 1. The summed E-state index contributed by atoms with van der Waals surface area (Å²) in [6.45, 7) is 2.06. The molecule has 0 saturated carbocycles. The first kappa shape index (κ1) is 11.5. The minimum Gasteiger partial charge on any atom is -0.357 e. The van der Waals surface area contributed by atoms with Crippen LogP contribution in [0.4, 0.5) is 17.5 Å². The third-order valence-corrected chi connectivity index (χ3v) is 2.82. The Hall–Kier alpha value is -2.63. The molecule has 19 heavy (non-hydrogen) atoms. The fourth-order valence-electron chi connectivity index (χ4n) is 1.81. The number of anilines is 3. The van der Waals surface area contributed by atoms with Gasteiger partial charge in [0.1, 0.15) is 5.52 Å². The van der Waals surface area contributed by atoms with Gasteiger partial charge in [-0.05, 0) is 19.1 Å². The maximum Gasteiger partial charge on any atom is 0.226 e. The van der Waals surface area contributed by atoms with Gasteiger partial charge >= 0.3 is 0 Å². The first-order valence-electron chi connectivity index (χ1n) is 5.99. The Morgan fingerprint density at radius 2 is 1.89 bits per heavy atom. The van der Waals surface area contributed by atoms with Crippen molar-refractivity contribution in [3.05, 3.63) is 36.2 Å². The lowest BCUT2D eigenvalue weighted by Gasteiger charge is -2.08. The molecule has 3 aromatic rings. The third-order valence-electron chi connectivity index (χ3n) is 2.82. The predicted molar refractivity (Wildman–Crippen MR) is 75.7 cm³/mol. The predicted octanol–water partition coefficient (Wildman–Crippen LogP) is 2.45. The zero-order valence-corrected chi connectivity index (χ0v) is 10.7. The van der Waals surface area contributed by atoms with E-state index in [2.05, 4.69) is 37.5 Å². The second-order valence-electron chi connectivity index (χ2n) is 4.24. The van der Waals surface area contributed by atoms with Gasteiger partial charge in [0.15, 0.2) is 11.5 Å². The molecule has 96 valence electrons. The standard InChI is InChI=1S/C13H14N6/c1-8-3-5-9(6-4-8)17-12-10-11(16-7-15-10)18-13(14-2)19-12/h3-7H,1-2H3,(H3,14,15,16,17,18,19). The van der Waals surface area contributed by atoms with Crippen LogP contribution in [0.3, 0.4) is 0 Å². The quantitative estimate of drug-likeness (QED) is 0.669. The van der Waals surface area contributed by atoms with Crippen LogP contribution < -0.4 is 10.6 Å². The van der Waals surface area contributed by atoms with E-state index in [1.807, 2.05) is 24.3 Å². The lowest BCUT2D eigenvalue weighted by molar-refractivity contribution is 1.18. The Kier molecular flexibility index (Phi) is 2.75. The van der Waals surface area contributed by atoms with E-state index in [0.717, 1.165) is 11.2 Å². The van der Waals surface area contributed by atoms with Crippen molar-refractivity contribution in [2.75, 3.05) is 17.7 Å². The molecule has 0 atom stereocenters. The molecule has 0 aliphatic rings.